The average Bonchev–Trinajstić information content (AvgIpc) is 3.16. The number of non-ortho nitro benzene ring substituents is 1. The van der Waals surface area contributed by atoms with E-state index in [0.29, 0.717) is 15.6 Å². The molecule has 8 nitrogen and oxygen atoms in total. The molecular formula is C24H15BrN2O6. The van der Waals surface area contributed by atoms with E-state index >= 15 is 0 Å². The lowest BCUT2D eigenvalue weighted by Gasteiger charge is -2.08. The number of nitro benzene ring substituents is 1. The van der Waals surface area contributed by atoms with Gasteiger partial charge in [0, 0.05) is 27.7 Å². The third-order valence-electron chi connectivity index (χ3n) is 4.62. The van der Waals surface area contributed by atoms with E-state index < -0.39 is 16.9 Å². The smallest absolute Gasteiger partial charge is 0.363 e. The fourth-order valence-electron chi connectivity index (χ4n) is 3.05. The first-order valence-corrected chi connectivity index (χ1v) is 10.5. The molecule has 0 spiro atoms. The van der Waals surface area contributed by atoms with Gasteiger partial charge in [-0.2, -0.15) is 0 Å². The first-order valence-electron chi connectivity index (χ1n) is 9.70. The number of aliphatic imine (C=N–C) groups is 1. The van der Waals surface area contributed by atoms with E-state index in [1.807, 2.05) is 30.3 Å². The van der Waals surface area contributed by atoms with Crippen molar-refractivity contribution in [3.8, 4) is 5.75 Å². The molecule has 0 bridgehead atoms. The Balaban J connectivity index is 1.58. The minimum atomic E-state index is -0.690. The van der Waals surface area contributed by atoms with Crippen LogP contribution in [-0.4, -0.2) is 22.8 Å². The molecule has 0 radical (unpaired) electrons. The van der Waals surface area contributed by atoms with E-state index in [0.717, 1.165) is 5.56 Å². The normalized spacial score (nSPS) is 14.0. The zero-order chi connectivity index (χ0) is 23.4. The minimum absolute atomic E-state index is 0.00168. The number of rotatable bonds is 6. The highest BCUT2D eigenvalue weighted by atomic mass is 79.9. The van der Waals surface area contributed by atoms with E-state index in [2.05, 4.69) is 20.9 Å². The van der Waals surface area contributed by atoms with Gasteiger partial charge in [0.2, 0.25) is 5.90 Å². The van der Waals surface area contributed by atoms with Crippen molar-refractivity contribution in [1.29, 1.82) is 0 Å². The van der Waals surface area contributed by atoms with Crippen molar-refractivity contribution in [2.75, 3.05) is 0 Å². The number of nitro groups is 1. The number of hydrogen-bond acceptors (Lipinski definition) is 7. The van der Waals surface area contributed by atoms with E-state index in [1.54, 1.807) is 18.2 Å². The molecule has 3 aromatic rings. The third-order valence-corrected chi connectivity index (χ3v) is 5.12. The van der Waals surface area contributed by atoms with Crippen molar-refractivity contribution >= 4 is 45.5 Å². The molecule has 9 heteroatoms. The lowest BCUT2D eigenvalue weighted by Crippen LogP contribution is -2.12. The minimum Gasteiger partial charge on any atom is -0.426 e. The highest BCUT2D eigenvalue weighted by Crippen LogP contribution is 2.28. The largest absolute Gasteiger partial charge is 0.426 e. The summed E-state index contributed by atoms with van der Waals surface area (Å²) in [5.41, 5.74) is 1.60. The van der Waals surface area contributed by atoms with E-state index in [9.17, 15) is 19.7 Å². The molecule has 1 heterocycles. The van der Waals surface area contributed by atoms with Crippen LogP contribution in [0.15, 0.2) is 88.0 Å². The summed E-state index contributed by atoms with van der Waals surface area (Å²) in [5.74, 6) is -0.852. The topological polar surface area (TPSA) is 108 Å². The van der Waals surface area contributed by atoms with Crippen LogP contribution in [0.5, 0.6) is 5.75 Å². The van der Waals surface area contributed by atoms with Gasteiger partial charge in [-0.3, -0.25) is 14.9 Å². The van der Waals surface area contributed by atoms with Gasteiger partial charge < -0.3 is 9.47 Å². The molecule has 3 aromatic carbocycles. The van der Waals surface area contributed by atoms with Gasteiger partial charge in [-0.05, 0) is 42.0 Å². The fraction of sp³-hybridized carbons (Fsp3) is 0.0417. The Labute approximate surface area is 196 Å². The van der Waals surface area contributed by atoms with Crippen molar-refractivity contribution < 1.29 is 24.0 Å². The standard InChI is InChI=1S/C24H15BrN2O6/c25-18-8-11-21(32-22(28)12-15-4-2-1-3-5-15)17(13-18)14-20-24(29)33-23(26-20)16-6-9-19(10-7-16)27(30)31/h1-11,13-14H,12H2/b20-14+. The molecule has 0 saturated heterocycles. The van der Waals surface area contributed by atoms with Gasteiger partial charge in [-0.15, -0.1) is 0 Å². The van der Waals surface area contributed by atoms with Gasteiger partial charge in [0.05, 0.1) is 11.3 Å². The second-order valence-corrected chi connectivity index (χ2v) is 7.87. The maximum absolute atomic E-state index is 12.4. The summed E-state index contributed by atoms with van der Waals surface area (Å²) >= 11 is 3.37. The van der Waals surface area contributed by atoms with E-state index in [4.69, 9.17) is 9.47 Å². The van der Waals surface area contributed by atoms with Crippen molar-refractivity contribution in [1.82, 2.24) is 0 Å². The van der Waals surface area contributed by atoms with Crippen LogP contribution >= 0.6 is 15.9 Å². The van der Waals surface area contributed by atoms with Gasteiger partial charge in [0.25, 0.3) is 5.69 Å². The first-order chi connectivity index (χ1) is 15.9. The molecule has 0 atom stereocenters. The predicted molar refractivity (Wildman–Crippen MR) is 124 cm³/mol. The summed E-state index contributed by atoms with van der Waals surface area (Å²) in [4.78, 5) is 39.3. The Morgan fingerprint density at radius 2 is 1.82 bits per heavy atom. The van der Waals surface area contributed by atoms with Crippen LogP contribution in [0.3, 0.4) is 0 Å². The Kier molecular flexibility index (Phi) is 6.41. The summed E-state index contributed by atoms with van der Waals surface area (Å²) in [6.07, 6.45) is 1.55. The molecule has 0 amide bonds. The second kappa shape index (κ2) is 9.58. The fourth-order valence-corrected chi connectivity index (χ4v) is 3.43. The quantitative estimate of drug-likeness (QED) is 0.155. The van der Waals surface area contributed by atoms with Crippen LogP contribution in [0.1, 0.15) is 16.7 Å². The SMILES string of the molecule is O=C(Cc1ccccc1)Oc1ccc(Br)cc1/C=C1/N=C(c2ccc([N+](=O)[O-])cc2)OC1=O. The molecule has 0 saturated carbocycles. The lowest BCUT2D eigenvalue weighted by molar-refractivity contribution is -0.384. The summed E-state index contributed by atoms with van der Waals surface area (Å²) in [7, 11) is 0. The summed E-state index contributed by atoms with van der Waals surface area (Å²) in [5, 5.41) is 10.8. The number of hydrogen-bond donors (Lipinski definition) is 0. The zero-order valence-electron chi connectivity index (χ0n) is 16.9. The zero-order valence-corrected chi connectivity index (χ0v) is 18.5. The highest BCUT2D eigenvalue weighted by Gasteiger charge is 2.25. The average molecular weight is 507 g/mol. The van der Waals surface area contributed by atoms with Gasteiger partial charge in [-0.1, -0.05) is 46.3 Å². The van der Waals surface area contributed by atoms with E-state index in [-0.39, 0.29) is 29.5 Å². The number of nitrogens with zero attached hydrogens (tertiary/aromatic N) is 2. The maximum Gasteiger partial charge on any atom is 0.363 e. The third kappa shape index (κ3) is 5.39. The molecule has 4 rings (SSSR count). The molecule has 1 aliphatic heterocycles. The first kappa shape index (κ1) is 22.1. The van der Waals surface area contributed by atoms with Gasteiger partial charge in [-0.25, -0.2) is 9.79 Å². The molecule has 0 aromatic heterocycles. The number of benzene rings is 3. The molecule has 0 N–H and O–H groups in total. The van der Waals surface area contributed by atoms with Crippen molar-refractivity contribution in [3.05, 3.63) is 110 Å². The Morgan fingerprint density at radius 3 is 2.52 bits per heavy atom. The molecule has 33 heavy (non-hydrogen) atoms. The van der Waals surface area contributed by atoms with Gasteiger partial charge in [0.15, 0.2) is 5.70 Å². The van der Waals surface area contributed by atoms with Gasteiger partial charge in [0.1, 0.15) is 5.75 Å². The summed E-state index contributed by atoms with van der Waals surface area (Å²) in [6, 6.07) is 19.7. The van der Waals surface area contributed by atoms with Crippen molar-refractivity contribution in [2.24, 2.45) is 4.99 Å². The van der Waals surface area contributed by atoms with Crippen molar-refractivity contribution in [2.45, 2.75) is 6.42 Å². The lowest BCUT2D eigenvalue weighted by atomic mass is 10.1. The number of cyclic esters (lactones) is 1. The van der Waals surface area contributed by atoms with Crippen LogP contribution in [-0.2, 0) is 20.7 Å². The van der Waals surface area contributed by atoms with Crippen LogP contribution in [0.25, 0.3) is 6.08 Å². The second-order valence-electron chi connectivity index (χ2n) is 6.96. The van der Waals surface area contributed by atoms with Crippen LogP contribution < -0.4 is 4.74 Å². The number of esters is 2. The number of carbonyl (C=O) groups excluding carboxylic acids is 2. The van der Waals surface area contributed by atoms with Gasteiger partial charge >= 0.3 is 11.9 Å². The number of halogens is 1. The predicted octanol–water partition coefficient (Wildman–Crippen LogP) is 4.85. The number of carbonyl (C=O) groups is 2. The Morgan fingerprint density at radius 1 is 1.09 bits per heavy atom. The maximum atomic E-state index is 12.4. The molecule has 0 aliphatic carbocycles. The Bertz CT molecular complexity index is 1300. The van der Waals surface area contributed by atoms with E-state index in [1.165, 1.54) is 30.3 Å². The number of ether oxygens (including phenoxy) is 2. The molecular weight excluding hydrogens is 492 g/mol. The molecule has 164 valence electrons. The van der Waals surface area contributed by atoms with Crippen LogP contribution in [0, 0.1) is 10.1 Å². The van der Waals surface area contributed by atoms with Crippen LogP contribution in [0.4, 0.5) is 5.69 Å². The summed E-state index contributed by atoms with van der Waals surface area (Å²) in [6.45, 7) is 0. The molecule has 0 unspecified atom stereocenters. The molecule has 1 aliphatic rings. The Hall–Kier alpha value is -4.11. The summed E-state index contributed by atoms with van der Waals surface area (Å²) < 4.78 is 11.5. The molecule has 0 fully saturated rings. The van der Waals surface area contributed by atoms with Crippen molar-refractivity contribution in [3.63, 3.8) is 0 Å². The monoisotopic (exact) mass is 506 g/mol. The van der Waals surface area contributed by atoms with Crippen LogP contribution in [0.2, 0.25) is 0 Å². The highest BCUT2D eigenvalue weighted by molar-refractivity contribution is 9.10.